The van der Waals surface area contributed by atoms with E-state index in [9.17, 15) is 9.59 Å². The van der Waals surface area contributed by atoms with Crippen molar-refractivity contribution < 1.29 is 9.59 Å². The maximum atomic E-state index is 12.6. The molecule has 1 fully saturated rings. The number of carbonyl (C=O) groups is 2. The molecule has 0 saturated carbocycles. The number of nitrogens with zero attached hydrogens (tertiary/aromatic N) is 6. The van der Waals surface area contributed by atoms with Gasteiger partial charge < -0.3 is 9.47 Å². The Morgan fingerprint density at radius 3 is 2.55 bits per heavy atom. The standard InChI is InChI=1S/C21H26N6O2/c1-15-17-5-3-4-6-18(17)27(24-15)21(29)8-7-20(28)26-11-9-16(10-12-26)13-19-23-22-14-25(19)2/h3-6,14,16H,7-13H2,1-2H3. The van der Waals surface area contributed by atoms with Crippen molar-refractivity contribution in [2.24, 2.45) is 13.0 Å². The lowest BCUT2D eigenvalue weighted by atomic mass is 9.93. The number of rotatable bonds is 5. The van der Waals surface area contributed by atoms with Gasteiger partial charge in [0.05, 0.1) is 11.2 Å². The first-order chi connectivity index (χ1) is 14.0. The van der Waals surface area contributed by atoms with Crippen molar-refractivity contribution in [2.45, 2.75) is 39.0 Å². The monoisotopic (exact) mass is 394 g/mol. The largest absolute Gasteiger partial charge is 0.343 e. The van der Waals surface area contributed by atoms with Crippen molar-refractivity contribution in [1.82, 2.24) is 29.4 Å². The number of hydrogen-bond acceptors (Lipinski definition) is 5. The summed E-state index contributed by atoms with van der Waals surface area (Å²) < 4.78 is 3.38. The Morgan fingerprint density at radius 2 is 1.83 bits per heavy atom. The number of amides is 1. The molecule has 1 saturated heterocycles. The molecule has 1 amide bonds. The number of fused-ring (bicyclic) bond motifs is 1. The topological polar surface area (TPSA) is 85.9 Å². The summed E-state index contributed by atoms with van der Waals surface area (Å²) in [6.45, 7) is 3.36. The summed E-state index contributed by atoms with van der Waals surface area (Å²) in [6.07, 6.45) is 4.91. The number of likely N-dealkylation sites (tertiary alicyclic amines) is 1. The van der Waals surface area contributed by atoms with Crippen LogP contribution in [-0.2, 0) is 18.3 Å². The summed E-state index contributed by atoms with van der Waals surface area (Å²) in [4.78, 5) is 27.1. The molecule has 1 aliphatic heterocycles. The van der Waals surface area contributed by atoms with E-state index in [4.69, 9.17) is 0 Å². The van der Waals surface area contributed by atoms with E-state index in [2.05, 4.69) is 15.3 Å². The van der Waals surface area contributed by atoms with Crippen LogP contribution in [0.4, 0.5) is 0 Å². The van der Waals surface area contributed by atoms with Crippen molar-refractivity contribution in [1.29, 1.82) is 0 Å². The highest BCUT2D eigenvalue weighted by Crippen LogP contribution is 2.22. The third kappa shape index (κ3) is 4.06. The van der Waals surface area contributed by atoms with Crippen LogP contribution in [0.3, 0.4) is 0 Å². The summed E-state index contributed by atoms with van der Waals surface area (Å²) in [5.74, 6) is 1.41. The smallest absolute Gasteiger partial charge is 0.247 e. The van der Waals surface area contributed by atoms with Gasteiger partial charge in [0, 0.05) is 44.8 Å². The second kappa shape index (κ2) is 8.14. The lowest BCUT2D eigenvalue weighted by molar-refractivity contribution is -0.132. The summed E-state index contributed by atoms with van der Waals surface area (Å²) in [7, 11) is 1.95. The molecule has 0 N–H and O–H groups in total. The molecule has 0 aliphatic carbocycles. The SMILES string of the molecule is Cc1nn(C(=O)CCC(=O)N2CCC(Cc3nncn3C)CC2)c2ccccc12. The molecular formula is C21H26N6O2. The van der Waals surface area contributed by atoms with E-state index in [0.29, 0.717) is 5.92 Å². The van der Waals surface area contributed by atoms with E-state index in [1.165, 1.54) is 4.68 Å². The van der Waals surface area contributed by atoms with Crippen LogP contribution in [0.1, 0.15) is 42.0 Å². The molecule has 3 heterocycles. The summed E-state index contributed by atoms with van der Waals surface area (Å²) in [5.41, 5.74) is 1.62. The van der Waals surface area contributed by atoms with Crippen molar-refractivity contribution in [3.63, 3.8) is 0 Å². The Labute approximate surface area is 169 Å². The van der Waals surface area contributed by atoms with Gasteiger partial charge in [-0.1, -0.05) is 18.2 Å². The highest BCUT2D eigenvalue weighted by Gasteiger charge is 2.24. The highest BCUT2D eigenvalue weighted by atomic mass is 16.2. The molecule has 0 atom stereocenters. The van der Waals surface area contributed by atoms with Gasteiger partial charge in [-0.3, -0.25) is 9.59 Å². The van der Waals surface area contributed by atoms with E-state index in [0.717, 1.165) is 54.8 Å². The summed E-state index contributed by atoms with van der Waals surface area (Å²) in [6, 6.07) is 7.67. The lowest BCUT2D eigenvalue weighted by Crippen LogP contribution is -2.39. The third-order valence-electron chi connectivity index (χ3n) is 5.80. The number of para-hydroxylation sites is 1. The highest BCUT2D eigenvalue weighted by molar-refractivity contribution is 5.93. The second-order valence-corrected chi connectivity index (χ2v) is 7.79. The Balaban J connectivity index is 1.29. The third-order valence-corrected chi connectivity index (χ3v) is 5.80. The predicted molar refractivity (Wildman–Crippen MR) is 108 cm³/mol. The zero-order valence-corrected chi connectivity index (χ0v) is 16.9. The van der Waals surface area contributed by atoms with Crippen LogP contribution in [-0.4, -0.2) is 54.3 Å². The van der Waals surface area contributed by atoms with E-state index in [1.807, 2.05) is 47.7 Å². The van der Waals surface area contributed by atoms with Crippen molar-refractivity contribution in [3.8, 4) is 0 Å². The van der Waals surface area contributed by atoms with Gasteiger partial charge in [-0.2, -0.15) is 9.78 Å². The fraction of sp³-hybridized carbons (Fsp3) is 0.476. The zero-order chi connectivity index (χ0) is 20.4. The average Bonchev–Trinajstić information content (AvgIpc) is 3.30. The quantitative estimate of drug-likeness (QED) is 0.663. The minimum absolute atomic E-state index is 0.0450. The minimum Gasteiger partial charge on any atom is -0.343 e. The number of aromatic nitrogens is 5. The predicted octanol–water partition coefficient (Wildman–Crippen LogP) is 2.37. The van der Waals surface area contributed by atoms with Crippen LogP contribution in [0.5, 0.6) is 0 Å². The molecule has 3 aromatic rings. The number of benzene rings is 1. The van der Waals surface area contributed by atoms with E-state index >= 15 is 0 Å². The van der Waals surface area contributed by atoms with Crippen LogP contribution in [0.15, 0.2) is 30.6 Å². The van der Waals surface area contributed by atoms with E-state index in [-0.39, 0.29) is 24.7 Å². The van der Waals surface area contributed by atoms with E-state index in [1.54, 1.807) is 6.33 Å². The Kier molecular flexibility index (Phi) is 5.42. The number of carbonyl (C=O) groups excluding carboxylic acids is 2. The van der Waals surface area contributed by atoms with Crippen LogP contribution in [0.25, 0.3) is 10.9 Å². The first-order valence-corrected chi connectivity index (χ1v) is 10.1. The second-order valence-electron chi connectivity index (χ2n) is 7.79. The molecule has 4 rings (SSSR count). The summed E-state index contributed by atoms with van der Waals surface area (Å²) >= 11 is 0. The maximum Gasteiger partial charge on any atom is 0.247 e. The number of hydrogen-bond donors (Lipinski definition) is 0. The fourth-order valence-corrected chi connectivity index (χ4v) is 4.03. The Bertz CT molecular complexity index is 1030. The van der Waals surface area contributed by atoms with E-state index < -0.39 is 0 Å². The molecule has 1 aliphatic rings. The molecule has 2 aromatic heterocycles. The summed E-state index contributed by atoms with van der Waals surface area (Å²) in [5, 5.41) is 13.4. The number of piperidine rings is 1. The average molecular weight is 394 g/mol. The van der Waals surface area contributed by atoms with Crippen molar-refractivity contribution in [2.75, 3.05) is 13.1 Å². The van der Waals surface area contributed by atoms with Crippen LogP contribution in [0, 0.1) is 12.8 Å². The first kappa shape index (κ1) is 19.3. The van der Waals surface area contributed by atoms with Crippen LogP contribution in [0.2, 0.25) is 0 Å². The fourth-order valence-electron chi connectivity index (χ4n) is 4.03. The molecule has 0 radical (unpaired) electrons. The normalized spacial score (nSPS) is 15.2. The molecule has 8 nitrogen and oxygen atoms in total. The van der Waals surface area contributed by atoms with Gasteiger partial charge >= 0.3 is 0 Å². The van der Waals surface area contributed by atoms with Crippen molar-refractivity contribution >= 4 is 22.7 Å². The minimum atomic E-state index is -0.139. The van der Waals surface area contributed by atoms with Gasteiger partial charge in [0.2, 0.25) is 11.8 Å². The van der Waals surface area contributed by atoms with Gasteiger partial charge in [0.15, 0.2) is 0 Å². The molecule has 0 spiro atoms. The van der Waals surface area contributed by atoms with Crippen LogP contribution < -0.4 is 0 Å². The Hall–Kier alpha value is -3.03. The molecular weight excluding hydrogens is 368 g/mol. The molecule has 0 unspecified atom stereocenters. The molecule has 1 aromatic carbocycles. The Morgan fingerprint density at radius 1 is 1.10 bits per heavy atom. The lowest BCUT2D eigenvalue weighted by Gasteiger charge is -2.31. The van der Waals surface area contributed by atoms with Gasteiger partial charge in [-0.05, 0) is 31.7 Å². The van der Waals surface area contributed by atoms with Crippen molar-refractivity contribution in [3.05, 3.63) is 42.1 Å². The van der Waals surface area contributed by atoms with Gasteiger partial charge in [-0.15, -0.1) is 10.2 Å². The molecule has 29 heavy (non-hydrogen) atoms. The maximum absolute atomic E-state index is 12.6. The van der Waals surface area contributed by atoms with Gasteiger partial charge in [-0.25, -0.2) is 0 Å². The first-order valence-electron chi connectivity index (χ1n) is 10.1. The van der Waals surface area contributed by atoms with Gasteiger partial charge in [0.1, 0.15) is 12.2 Å². The van der Waals surface area contributed by atoms with Gasteiger partial charge in [0.25, 0.3) is 0 Å². The molecule has 8 heteroatoms. The number of aryl methyl sites for hydroxylation is 2. The zero-order valence-electron chi connectivity index (χ0n) is 16.9. The van der Waals surface area contributed by atoms with Crippen LogP contribution >= 0.6 is 0 Å². The molecule has 152 valence electrons. The molecule has 0 bridgehead atoms.